The first-order valence-corrected chi connectivity index (χ1v) is 7.17. The molecule has 0 spiro atoms. The van der Waals surface area contributed by atoms with Crippen molar-refractivity contribution in [2.45, 2.75) is 70.8 Å². The van der Waals surface area contributed by atoms with Gasteiger partial charge in [0, 0.05) is 12.5 Å². The summed E-state index contributed by atoms with van der Waals surface area (Å²) in [4.78, 5) is 10.3. The van der Waals surface area contributed by atoms with Gasteiger partial charge in [-0.3, -0.25) is 4.79 Å². The highest BCUT2D eigenvalue weighted by atomic mass is 16.4. The molecule has 0 atom stereocenters. The highest BCUT2D eigenvalue weighted by Gasteiger charge is 2.19. The first kappa shape index (κ1) is 14.5. The van der Waals surface area contributed by atoms with Gasteiger partial charge >= 0.3 is 5.97 Å². The molecule has 1 aliphatic carbocycles. The second-order valence-corrected chi connectivity index (χ2v) is 5.31. The molecular weight excluding hydrogens is 214 g/mol. The molecule has 100 valence electrons. The average molecular weight is 241 g/mol. The number of unbranched alkanes of at least 4 members (excludes halogenated alkanes) is 1. The molecule has 0 amide bonds. The van der Waals surface area contributed by atoms with Crippen LogP contribution in [0.3, 0.4) is 0 Å². The zero-order chi connectivity index (χ0) is 12.5. The van der Waals surface area contributed by atoms with Gasteiger partial charge in [-0.25, -0.2) is 0 Å². The van der Waals surface area contributed by atoms with Gasteiger partial charge in [0.05, 0.1) is 0 Å². The van der Waals surface area contributed by atoms with E-state index in [4.69, 9.17) is 5.11 Å². The van der Waals surface area contributed by atoms with Gasteiger partial charge in [0.2, 0.25) is 0 Å². The van der Waals surface area contributed by atoms with Crippen LogP contribution in [0.4, 0.5) is 0 Å². The van der Waals surface area contributed by atoms with Crippen LogP contribution in [0.15, 0.2) is 0 Å². The number of carbonyl (C=O) groups is 1. The maximum atomic E-state index is 10.3. The summed E-state index contributed by atoms with van der Waals surface area (Å²) in [6.07, 6.45) is 10.2. The Balaban J connectivity index is 1.97. The van der Waals surface area contributed by atoms with E-state index in [2.05, 4.69) is 12.2 Å². The number of nitrogens with one attached hydrogen (secondary N) is 1. The third-order valence-electron chi connectivity index (χ3n) is 3.79. The van der Waals surface area contributed by atoms with Crippen LogP contribution in [0.5, 0.6) is 0 Å². The van der Waals surface area contributed by atoms with E-state index in [0.717, 1.165) is 25.3 Å². The summed E-state index contributed by atoms with van der Waals surface area (Å²) < 4.78 is 0. The zero-order valence-corrected chi connectivity index (χ0v) is 11.1. The molecule has 0 aromatic heterocycles. The van der Waals surface area contributed by atoms with Crippen molar-refractivity contribution in [2.75, 3.05) is 6.54 Å². The van der Waals surface area contributed by atoms with Gasteiger partial charge in [-0.2, -0.15) is 0 Å². The molecule has 0 heterocycles. The van der Waals surface area contributed by atoms with Gasteiger partial charge < -0.3 is 10.4 Å². The summed E-state index contributed by atoms with van der Waals surface area (Å²) in [6.45, 7) is 3.25. The van der Waals surface area contributed by atoms with Crippen LogP contribution in [0, 0.1) is 5.92 Å². The van der Waals surface area contributed by atoms with Crippen molar-refractivity contribution < 1.29 is 9.90 Å². The first-order chi connectivity index (χ1) is 8.22. The highest BCUT2D eigenvalue weighted by molar-refractivity contribution is 5.66. The molecule has 1 fully saturated rings. The second-order valence-electron chi connectivity index (χ2n) is 5.31. The Bertz CT molecular complexity index is 210. The minimum Gasteiger partial charge on any atom is -0.481 e. The van der Waals surface area contributed by atoms with Crippen molar-refractivity contribution in [3.05, 3.63) is 0 Å². The maximum Gasteiger partial charge on any atom is 0.303 e. The lowest BCUT2D eigenvalue weighted by atomic mass is 9.83. The standard InChI is InChI=1S/C14H27NO2/c1-2-5-12-7-9-13(10-8-12)15-11-4-3-6-14(16)17/h12-13,15H,2-11H2,1H3,(H,16,17). The lowest BCUT2D eigenvalue weighted by Gasteiger charge is -2.29. The topological polar surface area (TPSA) is 49.3 Å². The van der Waals surface area contributed by atoms with Crippen LogP contribution in [-0.2, 0) is 4.79 Å². The quantitative estimate of drug-likeness (QED) is 0.642. The third-order valence-corrected chi connectivity index (χ3v) is 3.79. The number of aliphatic carboxylic acids is 1. The van der Waals surface area contributed by atoms with E-state index in [-0.39, 0.29) is 0 Å². The van der Waals surface area contributed by atoms with Crippen molar-refractivity contribution in [1.82, 2.24) is 5.32 Å². The Morgan fingerprint density at radius 3 is 2.53 bits per heavy atom. The highest BCUT2D eigenvalue weighted by Crippen LogP contribution is 2.27. The van der Waals surface area contributed by atoms with Crippen molar-refractivity contribution in [1.29, 1.82) is 0 Å². The molecule has 0 aromatic carbocycles. The zero-order valence-electron chi connectivity index (χ0n) is 11.1. The van der Waals surface area contributed by atoms with E-state index in [9.17, 15) is 4.79 Å². The largest absolute Gasteiger partial charge is 0.481 e. The molecule has 0 aliphatic heterocycles. The fourth-order valence-corrected chi connectivity index (χ4v) is 2.77. The summed E-state index contributed by atoms with van der Waals surface area (Å²) in [7, 11) is 0. The number of rotatable bonds is 8. The molecule has 3 nitrogen and oxygen atoms in total. The van der Waals surface area contributed by atoms with E-state index < -0.39 is 5.97 Å². The Morgan fingerprint density at radius 2 is 1.94 bits per heavy atom. The van der Waals surface area contributed by atoms with Crippen LogP contribution in [0.1, 0.15) is 64.7 Å². The number of hydrogen-bond donors (Lipinski definition) is 2. The molecule has 0 aromatic rings. The van der Waals surface area contributed by atoms with E-state index in [1.54, 1.807) is 0 Å². The Labute approximate surface area is 105 Å². The van der Waals surface area contributed by atoms with E-state index in [1.807, 2.05) is 0 Å². The lowest BCUT2D eigenvalue weighted by molar-refractivity contribution is -0.137. The van der Waals surface area contributed by atoms with E-state index in [1.165, 1.54) is 38.5 Å². The van der Waals surface area contributed by atoms with Gasteiger partial charge in [-0.15, -0.1) is 0 Å². The summed E-state index contributed by atoms with van der Waals surface area (Å²) in [5.74, 6) is 0.287. The molecule has 17 heavy (non-hydrogen) atoms. The number of hydrogen-bond acceptors (Lipinski definition) is 2. The minimum absolute atomic E-state index is 0.310. The predicted molar refractivity (Wildman–Crippen MR) is 70.1 cm³/mol. The Kier molecular flexibility index (Phi) is 7.25. The molecule has 0 radical (unpaired) electrons. The van der Waals surface area contributed by atoms with Crippen molar-refractivity contribution in [2.24, 2.45) is 5.92 Å². The van der Waals surface area contributed by atoms with Gasteiger partial charge in [0.15, 0.2) is 0 Å². The molecule has 0 unspecified atom stereocenters. The second kappa shape index (κ2) is 8.51. The molecule has 1 aliphatic rings. The predicted octanol–water partition coefficient (Wildman–Crippen LogP) is 3.19. The van der Waals surface area contributed by atoms with Crippen LogP contribution in [-0.4, -0.2) is 23.7 Å². The minimum atomic E-state index is -0.676. The van der Waals surface area contributed by atoms with Crippen LogP contribution in [0.25, 0.3) is 0 Å². The molecule has 3 heteroatoms. The molecule has 1 rings (SSSR count). The monoisotopic (exact) mass is 241 g/mol. The Morgan fingerprint density at radius 1 is 1.24 bits per heavy atom. The smallest absolute Gasteiger partial charge is 0.303 e. The van der Waals surface area contributed by atoms with Crippen LogP contribution >= 0.6 is 0 Å². The van der Waals surface area contributed by atoms with Gasteiger partial charge in [-0.1, -0.05) is 19.8 Å². The molecule has 2 N–H and O–H groups in total. The molecule has 1 saturated carbocycles. The van der Waals surface area contributed by atoms with E-state index in [0.29, 0.717) is 12.5 Å². The fraction of sp³-hybridized carbons (Fsp3) is 0.929. The van der Waals surface area contributed by atoms with Gasteiger partial charge in [0.25, 0.3) is 0 Å². The lowest BCUT2D eigenvalue weighted by Crippen LogP contribution is -2.33. The molecule has 0 saturated heterocycles. The van der Waals surface area contributed by atoms with Crippen LogP contribution < -0.4 is 5.32 Å². The summed E-state index contributed by atoms with van der Waals surface area (Å²) in [5, 5.41) is 12.1. The van der Waals surface area contributed by atoms with Crippen LogP contribution in [0.2, 0.25) is 0 Å². The number of carboxylic acids is 1. The first-order valence-electron chi connectivity index (χ1n) is 7.17. The maximum absolute atomic E-state index is 10.3. The molecule has 0 bridgehead atoms. The van der Waals surface area contributed by atoms with Gasteiger partial charge in [0.1, 0.15) is 0 Å². The normalized spacial score (nSPS) is 24.8. The van der Waals surface area contributed by atoms with Crippen molar-refractivity contribution in [3.63, 3.8) is 0 Å². The summed E-state index contributed by atoms with van der Waals surface area (Å²) in [5.41, 5.74) is 0. The van der Waals surface area contributed by atoms with E-state index >= 15 is 0 Å². The SMILES string of the molecule is CCCC1CCC(NCCCCC(=O)O)CC1. The van der Waals surface area contributed by atoms with Crippen molar-refractivity contribution >= 4 is 5.97 Å². The fourth-order valence-electron chi connectivity index (χ4n) is 2.77. The summed E-state index contributed by atoms with van der Waals surface area (Å²) in [6, 6.07) is 0.688. The Hall–Kier alpha value is -0.570. The van der Waals surface area contributed by atoms with Gasteiger partial charge in [-0.05, 0) is 51.0 Å². The summed E-state index contributed by atoms with van der Waals surface area (Å²) >= 11 is 0. The third kappa shape index (κ3) is 6.67. The average Bonchev–Trinajstić information content (AvgIpc) is 2.31. The number of carboxylic acid groups (broad SMARTS) is 1. The molecular formula is C14H27NO2. The van der Waals surface area contributed by atoms with Crippen molar-refractivity contribution in [3.8, 4) is 0 Å².